The number of aliphatic hydroxyl groups excluding tert-OH is 1. The minimum atomic E-state index is 0.279. The number of allylic oxidation sites excluding steroid dienone is 2. The molecule has 1 aromatic heterocycles. The van der Waals surface area contributed by atoms with E-state index >= 15 is 0 Å². The highest BCUT2D eigenvalue weighted by molar-refractivity contribution is 5.58. The first kappa shape index (κ1) is 16.7. The number of nitrogens with two attached hydrogens (primary N) is 1. The lowest BCUT2D eigenvalue weighted by Gasteiger charge is -2.18. The Hall–Kier alpha value is -2.63. The summed E-state index contributed by atoms with van der Waals surface area (Å²) in [7, 11) is 0. The molecule has 0 bridgehead atoms. The summed E-state index contributed by atoms with van der Waals surface area (Å²) in [5.41, 5.74) is 7.78. The Morgan fingerprint density at radius 3 is 2.78 bits per heavy atom. The smallest absolute Gasteiger partial charge is 0.211 e. The Morgan fingerprint density at radius 2 is 2.26 bits per heavy atom. The standard InChI is InChI=1S/C10H12N2O2.C7H11NO/c1-9(10-3-2-6-14-10)12-5-4-11(7-12)8-13;1-5-3-2-4-6(8)7(5)9/h2-3,6,8H,1,4-5,7H2;4,9H,2-3,8H2,1H3. The van der Waals surface area contributed by atoms with E-state index in [1.165, 1.54) is 0 Å². The van der Waals surface area contributed by atoms with Crippen molar-refractivity contribution in [3.8, 4) is 0 Å². The lowest BCUT2D eigenvalue weighted by atomic mass is 10.0. The van der Waals surface area contributed by atoms with E-state index in [-0.39, 0.29) is 5.76 Å². The molecule has 0 unspecified atom stereocenters. The van der Waals surface area contributed by atoms with Crippen LogP contribution in [0.3, 0.4) is 0 Å². The van der Waals surface area contributed by atoms with Crippen molar-refractivity contribution in [2.45, 2.75) is 19.8 Å². The first-order chi connectivity index (χ1) is 11.0. The second kappa shape index (κ2) is 7.58. The average molecular weight is 317 g/mol. The number of hydrogen-bond donors (Lipinski definition) is 2. The molecule has 124 valence electrons. The van der Waals surface area contributed by atoms with E-state index in [1.54, 1.807) is 11.2 Å². The van der Waals surface area contributed by atoms with Crippen molar-refractivity contribution >= 4 is 12.1 Å². The number of carbonyl (C=O) groups excluding carboxylic acids is 1. The van der Waals surface area contributed by atoms with Crippen LogP contribution in [0.1, 0.15) is 25.5 Å². The van der Waals surface area contributed by atoms with Crippen LogP contribution in [0.15, 0.2) is 52.5 Å². The molecule has 2 heterocycles. The molecule has 0 spiro atoms. The predicted octanol–water partition coefficient (Wildman–Crippen LogP) is 2.44. The zero-order valence-corrected chi connectivity index (χ0v) is 13.4. The molecule has 0 atom stereocenters. The lowest BCUT2D eigenvalue weighted by molar-refractivity contribution is -0.117. The van der Waals surface area contributed by atoms with Crippen LogP contribution in [-0.2, 0) is 4.79 Å². The third-order valence-electron chi connectivity index (χ3n) is 3.91. The minimum Gasteiger partial charge on any atom is -0.506 e. The molecule has 6 heteroatoms. The monoisotopic (exact) mass is 317 g/mol. The molecule has 2 aliphatic rings. The van der Waals surface area contributed by atoms with Crippen molar-refractivity contribution in [3.05, 3.63) is 53.8 Å². The fraction of sp³-hybridized carbons (Fsp3) is 0.353. The van der Waals surface area contributed by atoms with Crippen molar-refractivity contribution in [3.63, 3.8) is 0 Å². The van der Waals surface area contributed by atoms with Gasteiger partial charge in [0.05, 0.1) is 24.3 Å². The maximum Gasteiger partial charge on any atom is 0.211 e. The molecular weight excluding hydrogens is 294 g/mol. The summed E-state index contributed by atoms with van der Waals surface area (Å²) in [6.07, 6.45) is 6.22. The normalized spacial score (nSPS) is 17.5. The topological polar surface area (TPSA) is 82.9 Å². The molecule has 1 aliphatic carbocycles. The molecule has 0 saturated carbocycles. The lowest BCUT2D eigenvalue weighted by Crippen LogP contribution is -2.22. The van der Waals surface area contributed by atoms with E-state index in [1.807, 2.05) is 30.0 Å². The third-order valence-corrected chi connectivity index (χ3v) is 3.91. The van der Waals surface area contributed by atoms with Crippen molar-refractivity contribution < 1.29 is 14.3 Å². The number of rotatable bonds is 3. The van der Waals surface area contributed by atoms with Crippen LogP contribution >= 0.6 is 0 Å². The van der Waals surface area contributed by atoms with E-state index in [2.05, 4.69) is 6.58 Å². The Kier molecular flexibility index (Phi) is 5.51. The van der Waals surface area contributed by atoms with Gasteiger partial charge in [-0.25, -0.2) is 0 Å². The molecular formula is C17H23N3O3. The Balaban J connectivity index is 0.000000185. The van der Waals surface area contributed by atoms with Gasteiger partial charge in [-0.1, -0.05) is 12.7 Å². The summed E-state index contributed by atoms with van der Waals surface area (Å²) >= 11 is 0. The van der Waals surface area contributed by atoms with Gasteiger partial charge in [0.15, 0.2) is 0 Å². The van der Waals surface area contributed by atoms with E-state index in [4.69, 9.17) is 15.3 Å². The van der Waals surface area contributed by atoms with E-state index in [9.17, 15) is 4.79 Å². The van der Waals surface area contributed by atoms with E-state index in [0.717, 1.165) is 49.4 Å². The van der Waals surface area contributed by atoms with E-state index in [0.29, 0.717) is 12.4 Å². The predicted molar refractivity (Wildman–Crippen MR) is 88.9 cm³/mol. The van der Waals surface area contributed by atoms with Crippen LogP contribution in [0, 0.1) is 0 Å². The van der Waals surface area contributed by atoms with Crippen molar-refractivity contribution in [2.75, 3.05) is 19.8 Å². The first-order valence-corrected chi connectivity index (χ1v) is 7.54. The molecule has 23 heavy (non-hydrogen) atoms. The molecule has 6 nitrogen and oxygen atoms in total. The average Bonchev–Trinajstić information content (AvgIpc) is 3.23. The molecule has 3 N–H and O–H groups in total. The first-order valence-electron chi connectivity index (χ1n) is 7.54. The summed E-state index contributed by atoms with van der Waals surface area (Å²) in [5, 5.41) is 9.13. The SMILES string of the molecule is C=C(c1ccco1)N1CCN(C=O)C1.CC1=C(O)C(N)=CCC1. The largest absolute Gasteiger partial charge is 0.506 e. The summed E-state index contributed by atoms with van der Waals surface area (Å²) in [6.45, 7) is 8.01. The molecule has 1 aliphatic heterocycles. The number of amides is 1. The van der Waals surface area contributed by atoms with Crippen molar-refractivity contribution in [2.24, 2.45) is 5.73 Å². The van der Waals surface area contributed by atoms with Crippen LogP contribution in [0.25, 0.3) is 5.70 Å². The van der Waals surface area contributed by atoms with Crippen LogP contribution in [0.5, 0.6) is 0 Å². The summed E-state index contributed by atoms with van der Waals surface area (Å²) in [6, 6.07) is 3.69. The highest BCUT2D eigenvalue weighted by Gasteiger charge is 2.21. The van der Waals surface area contributed by atoms with Gasteiger partial charge in [-0.05, 0) is 37.5 Å². The fourth-order valence-corrected chi connectivity index (χ4v) is 2.42. The van der Waals surface area contributed by atoms with Gasteiger partial charge in [-0.3, -0.25) is 4.79 Å². The zero-order chi connectivity index (χ0) is 16.8. The van der Waals surface area contributed by atoms with Crippen LogP contribution < -0.4 is 5.73 Å². The van der Waals surface area contributed by atoms with Crippen LogP contribution in [0.2, 0.25) is 0 Å². The molecule has 1 amide bonds. The van der Waals surface area contributed by atoms with Gasteiger partial charge in [-0.2, -0.15) is 0 Å². The number of aliphatic hydroxyl groups is 1. The molecule has 3 rings (SSSR count). The van der Waals surface area contributed by atoms with Gasteiger partial charge in [-0.15, -0.1) is 0 Å². The second-order valence-electron chi connectivity index (χ2n) is 5.57. The Morgan fingerprint density at radius 1 is 1.48 bits per heavy atom. The number of nitrogens with zero attached hydrogens (tertiary/aromatic N) is 2. The Bertz CT molecular complexity index is 617. The van der Waals surface area contributed by atoms with E-state index < -0.39 is 0 Å². The molecule has 1 saturated heterocycles. The number of furan rings is 1. The number of carbonyl (C=O) groups is 1. The molecule has 1 fully saturated rings. The van der Waals surface area contributed by atoms with Gasteiger partial charge in [0.1, 0.15) is 11.5 Å². The second-order valence-corrected chi connectivity index (χ2v) is 5.57. The van der Waals surface area contributed by atoms with Gasteiger partial charge < -0.3 is 25.1 Å². The van der Waals surface area contributed by atoms with Crippen LogP contribution in [-0.4, -0.2) is 41.1 Å². The van der Waals surface area contributed by atoms with Gasteiger partial charge in [0.25, 0.3) is 0 Å². The highest BCUT2D eigenvalue weighted by Crippen LogP contribution is 2.20. The maximum absolute atomic E-state index is 10.5. The summed E-state index contributed by atoms with van der Waals surface area (Å²) < 4.78 is 5.23. The van der Waals surface area contributed by atoms with Crippen molar-refractivity contribution in [1.82, 2.24) is 9.80 Å². The molecule has 0 radical (unpaired) electrons. The minimum absolute atomic E-state index is 0.279. The zero-order valence-electron chi connectivity index (χ0n) is 13.4. The maximum atomic E-state index is 10.5. The number of hydrogen-bond acceptors (Lipinski definition) is 5. The fourth-order valence-electron chi connectivity index (χ4n) is 2.42. The quantitative estimate of drug-likeness (QED) is 0.837. The Labute approximate surface area is 136 Å². The van der Waals surface area contributed by atoms with Gasteiger partial charge >= 0.3 is 0 Å². The molecule has 0 aromatic carbocycles. The summed E-state index contributed by atoms with van der Waals surface area (Å²) in [5.74, 6) is 1.04. The van der Waals surface area contributed by atoms with Crippen LogP contribution in [0.4, 0.5) is 0 Å². The summed E-state index contributed by atoms with van der Waals surface area (Å²) in [4.78, 5) is 14.2. The van der Waals surface area contributed by atoms with Gasteiger partial charge in [0.2, 0.25) is 6.41 Å². The van der Waals surface area contributed by atoms with Crippen molar-refractivity contribution in [1.29, 1.82) is 0 Å². The molecule has 1 aromatic rings. The third kappa shape index (κ3) is 4.18. The van der Waals surface area contributed by atoms with Gasteiger partial charge in [0, 0.05) is 13.1 Å². The highest BCUT2D eigenvalue weighted by atomic mass is 16.3.